The number of carboxylic acid groups (broad SMARTS) is 1. The Morgan fingerprint density at radius 1 is 1.32 bits per heavy atom. The van der Waals surface area contributed by atoms with Crippen LogP contribution in [-0.2, 0) is 22.9 Å². The Balaban J connectivity index is 2.23. The van der Waals surface area contributed by atoms with Crippen LogP contribution in [0, 0.1) is 0 Å². The fourth-order valence-corrected chi connectivity index (χ4v) is 3.62. The Morgan fingerprint density at radius 2 is 2.00 bits per heavy atom. The molecule has 0 aliphatic carbocycles. The Labute approximate surface area is 144 Å². The first-order chi connectivity index (χ1) is 11.5. The first kappa shape index (κ1) is 19.1. The number of hydrogen-bond donors (Lipinski definition) is 2. The molecule has 0 saturated carbocycles. The topological polar surface area (TPSA) is 108 Å². The summed E-state index contributed by atoms with van der Waals surface area (Å²) in [5.74, 6) is -1.38. The Morgan fingerprint density at radius 3 is 2.52 bits per heavy atom. The highest BCUT2D eigenvalue weighted by atomic mass is 32.2. The van der Waals surface area contributed by atoms with Crippen LogP contribution in [0.1, 0.15) is 21.6 Å². The number of benzene rings is 1. The van der Waals surface area contributed by atoms with Crippen molar-refractivity contribution in [3.05, 3.63) is 46.5 Å². The van der Waals surface area contributed by atoms with Crippen LogP contribution in [0.15, 0.2) is 29.6 Å². The van der Waals surface area contributed by atoms with Crippen LogP contribution in [0.2, 0.25) is 0 Å². The second kappa shape index (κ2) is 6.98. The van der Waals surface area contributed by atoms with E-state index in [-0.39, 0.29) is 17.1 Å². The molecule has 0 amide bonds. The van der Waals surface area contributed by atoms with E-state index in [0.29, 0.717) is 15.6 Å². The number of anilines is 1. The number of thiazole rings is 1. The molecule has 0 bridgehead atoms. The van der Waals surface area contributed by atoms with Crippen molar-refractivity contribution in [3.8, 4) is 0 Å². The van der Waals surface area contributed by atoms with Crippen molar-refractivity contribution in [3.63, 3.8) is 0 Å². The number of rotatable bonds is 6. The lowest BCUT2D eigenvalue weighted by Gasteiger charge is -2.18. The number of carbonyl (C=O) groups is 1. The van der Waals surface area contributed by atoms with Crippen molar-refractivity contribution >= 4 is 32.7 Å². The summed E-state index contributed by atoms with van der Waals surface area (Å²) in [5.41, 5.74) is -1.10. The van der Waals surface area contributed by atoms with Gasteiger partial charge in [0, 0.05) is 11.9 Å². The molecule has 2 rings (SSSR count). The van der Waals surface area contributed by atoms with E-state index in [1.54, 1.807) is 0 Å². The molecule has 12 heteroatoms. The maximum absolute atomic E-state index is 12.7. The van der Waals surface area contributed by atoms with Gasteiger partial charge in [0.25, 0.3) is 0 Å². The number of alkyl halides is 3. The quantitative estimate of drug-likeness (QED) is 0.727. The van der Waals surface area contributed by atoms with Crippen molar-refractivity contribution in [1.82, 2.24) is 4.98 Å². The molecule has 0 atom stereocenters. The van der Waals surface area contributed by atoms with Gasteiger partial charge >= 0.3 is 22.4 Å². The number of carboxylic acids is 1. The predicted octanol–water partition coefficient (Wildman–Crippen LogP) is 2.71. The average Bonchev–Trinajstić information content (AvgIpc) is 2.95. The van der Waals surface area contributed by atoms with Crippen LogP contribution in [0.25, 0.3) is 0 Å². The molecule has 7 nitrogen and oxygen atoms in total. The van der Waals surface area contributed by atoms with E-state index >= 15 is 0 Å². The third kappa shape index (κ3) is 4.90. The molecule has 25 heavy (non-hydrogen) atoms. The van der Waals surface area contributed by atoms with Crippen molar-refractivity contribution in [2.24, 2.45) is 0 Å². The highest BCUT2D eigenvalue weighted by Crippen LogP contribution is 2.30. The summed E-state index contributed by atoms with van der Waals surface area (Å²) in [4.78, 5) is 14.4. The lowest BCUT2D eigenvalue weighted by atomic mass is 10.1. The van der Waals surface area contributed by atoms with Crippen LogP contribution in [0.3, 0.4) is 0 Å². The van der Waals surface area contributed by atoms with Crippen LogP contribution in [-0.4, -0.2) is 35.6 Å². The number of aromatic nitrogens is 1. The van der Waals surface area contributed by atoms with Crippen LogP contribution in [0.5, 0.6) is 0 Å². The third-order valence-corrected chi connectivity index (χ3v) is 4.95. The molecule has 0 unspecified atom stereocenters. The smallest absolute Gasteiger partial charge is 0.416 e. The lowest BCUT2D eigenvalue weighted by molar-refractivity contribution is -0.137. The fraction of sp³-hybridized carbons (Fsp3) is 0.231. The number of hydrogen-bond acceptors (Lipinski definition) is 5. The van der Waals surface area contributed by atoms with Gasteiger partial charge < -0.3 is 5.11 Å². The van der Waals surface area contributed by atoms with Crippen LogP contribution < -0.4 is 4.31 Å². The van der Waals surface area contributed by atoms with Gasteiger partial charge in [0.05, 0.1) is 5.56 Å². The molecule has 0 spiro atoms. The first-order valence-corrected chi connectivity index (χ1v) is 8.86. The van der Waals surface area contributed by atoms with Crippen LogP contribution in [0.4, 0.5) is 18.3 Å². The SMILES string of the molecule is O=C(O)c1csc(N(CCc2cccc(C(F)(F)F)c2)S(=O)(=O)O)n1. The zero-order valence-electron chi connectivity index (χ0n) is 12.3. The summed E-state index contributed by atoms with van der Waals surface area (Å²) in [7, 11) is -4.77. The van der Waals surface area contributed by atoms with E-state index in [2.05, 4.69) is 4.98 Å². The van der Waals surface area contributed by atoms with E-state index < -0.39 is 40.3 Å². The molecule has 0 aliphatic rings. The van der Waals surface area contributed by atoms with E-state index in [1.807, 2.05) is 0 Å². The van der Waals surface area contributed by atoms with Gasteiger partial charge in [-0.1, -0.05) is 18.2 Å². The normalized spacial score (nSPS) is 12.2. The molecule has 136 valence electrons. The van der Waals surface area contributed by atoms with E-state index in [1.165, 1.54) is 12.1 Å². The second-order valence-corrected chi connectivity index (χ2v) is 6.99. The summed E-state index contributed by atoms with van der Waals surface area (Å²) in [6.45, 7) is -0.410. The predicted molar refractivity (Wildman–Crippen MR) is 83.1 cm³/mol. The molecule has 1 heterocycles. The first-order valence-electron chi connectivity index (χ1n) is 6.58. The molecule has 1 aromatic carbocycles. The molecule has 0 aliphatic heterocycles. The molecular weight excluding hydrogens is 385 g/mol. The number of aromatic carboxylic acids is 1. The molecule has 2 aromatic rings. The van der Waals surface area contributed by atoms with Crippen LogP contribution >= 0.6 is 11.3 Å². The van der Waals surface area contributed by atoms with Gasteiger partial charge in [-0.15, -0.1) is 11.3 Å². The van der Waals surface area contributed by atoms with E-state index in [4.69, 9.17) is 5.11 Å². The maximum atomic E-state index is 12.7. The zero-order valence-corrected chi connectivity index (χ0v) is 13.9. The van der Waals surface area contributed by atoms with Crippen molar-refractivity contribution in [2.75, 3.05) is 10.8 Å². The average molecular weight is 396 g/mol. The molecule has 2 N–H and O–H groups in total. The van der Waals surface area contributed by atoms with Gasteiger partial charge in [-0.05, 0) is 18.1 Å². The monoisotopic (exact) mass is 396 g/mol. The number of nitrogens with zero attached hydrogens (tertiary/aromatic N) is 2. The maximum Gasteiger partial charge on any atom is 0.416 e. The second-order valence-electron chi connectivity index (χ2n) is 4.82. The Hall–Kier alpha value is -2.18. The van der Waals surface area contributed by atoms with Crippen molar-refractivity contribution in [1.29, 1.82) is 0 Å². The van der Waals surface area contributed by atoms with Gasteiger partial charge in [-0.25, -0.2) is 14.1 Å². The Kier molecular flexibility index (Phi) is 5.34. The van der Waals surface area contributed by atoms with Crippen molar-refractivity contribution < 1.29 is 36.0 Å². The minimum absolute atomic E-state index is 0.147. The standard InChI is InChI=1S/C13H11F3N2O5S2/c14-13(15,16)9-3-1-2-8(6-9)4-5-18(25(21,22)23)12-17-10(7-24-12)11(19)20/h1-3,6-7H,4-5H2,(H,19,20)(H,21,22,23). The summed E-state index contributed by atoms with van der Waals surface area (Å²) in [6.07, 6.45) is -4.68. The van der Waals surface area contributed by atoms with Gasteiger partial charge in [-0.2, -0.15) is 21.6 Å². The fourth-order valence-electron chi connectivity index (χ4n) is 1.92. The summed E-state index contributed by atoms with van der Waals surface area (Å²) in [6, 6.07) is 4.31. The van der Waals surface area contributed by atoms with E-state index in [0.717, 1.165) is 17.5 Å². The molecular formula is C13H11F3N2O5S2. The van der Waals surface area contributed by atoms with Gasteiger partial charge in [-0.3, -0.25) is 4.55 Å². The van der Waals surface area contributed by atoms with Gasteiger partial charge in [0.1, 0.15) is 0 Å². The van der Waals surface area contributed by atoms with Gasteiger partial charge in [0.2, 0.25) is 5.13 Å². The minimum atomic E-state index is -4.77. The molecule has 0 saturated heterocycles. The number of halogens is 3. The highest BCUT2D eigenvalue weighted by molar-refractivity contribution is 7.87. The summed E-state index contributed by atoms with van der Waals surface area (Å²) in [5, 5.41) is 9.59. The molecule has 0 radical (unpaired) electrons. The van der Waals surface area contributed by atoms with E-state index in [9.17, 15) is 30.9 Å². The summed E-state index contributed by atoms with van der Waals surface area (Å²) >= 11 is 0.670. The Bertz CT molecular complexity index is 880. The molecule has 1 aromatic heterocycles. The van der Waals surface area contributed by atoms with Crippen molar-refractivity contribution in [2.45, 2.75) is 12.6 Å². The minimum Gasteiger partial charge on any atom is -0.476 e. The van der Waals surface area contributed by atoms with Gasteiger partial charge in [0.15, 0.2) is 5.69 Å². The zero-order chi connectivity index (χ0) is 18.8. The highest BCUT2D eigenvalue weighted by Gasteiger charge is 2.30. The largest absolute Gasteiger partial charge is 0.476 e. The molecule has 0 fully saturated rings. The lowest BCUT2D eigenvalue weighted by Crippen LogP contribution is -2.32. The third-order valence-electron chi connectivity index (χ3n) is 3.06. The summed E-state index contributed by atoms with van der Waals surface area (Å²) < 4.78 is 70.7.